The lowest BCUT2D eigenvalue weighted by Crippen LogP contribution is -2.42. The number of benzene rings is 2. The number of amides is 1. The number of hydrogen-bond donors (Lipinski definition) is 5. The molecule has 59 heavy (non-hydrogen) atoms. The minimum absolute atomic E-state index is 0.0538. The summed E-state index contributed by atoms with van der Waals surface area (Å²) in [4.78, 5) is 44.4. The number of aliphatic carboxylic acids is 1. The van der Waals surface area contributed by atoms with Crippen molar-refractivity contribution in [3.8, 4) is 11.5 Å². The van der Waals surface area contributed by atoms with Gasteiger partial charge in [0.2, 0.25) is 5.91 Å². The highest BCUT2D eigenvalue weighted by Gasteiger charge is 2.35. The number of likely N-dealkylation sites (N-methyl/N-ethyl adjacent to an activating group) is 2. The standard InChI is InChI=1S/C22H29ClN4O2.C11H17ClN2O.C11H14N2O2/c1-14-24-11-17(12-25-14)19(16-5-6-16)10-22(29)26-13-18(27(2)3)8-15-4-7-21(28)20(23)9-15;1-14(2)9(7-13)5-8-3-4-11(15)10(12)6-8;1-7-12-5-9(6-13-7)10(4-11(14)15)8-2-3-8/h4,7,9,11-12,16,18-19,28H,5-6,8,10,13H2,1-3H3,(H,26,29);3-4,6,9,15H,5,7,13H2,1-2H3;5-6,8,10H,2-4H2,1H3,(H,14,15)/t18-,19?;9-;/m00./s1. The van der Waals surface area contributed by atoms with Crippen LogP contribution in [0.2, 0.25) is 10.0 Å². The number of aryl methyl sites for hydroxylation is 2. The molecule has 2 aliphatic rings. The molecule has 6 rings (SSSR count). The molecule has 0 aliphatic heterocycles. The highest BCUT2D eigenvalue weighted by atomic mass is 35.5. The van der Waals surface area contributed by atoms with Crippen LogP contribution < -0.4 is 11.1 Å². The number of nitrogens with one attached hydrogen (secondary N) is 1. The van der Waals surface area contributed by atoms with Gasteiger partial charge in [-0.3, -0.25) is 9.59 Å². The molecule has 2 aromatic heterocycles. The van der Waals surface area contributed by atoms with Crippen LogP contribution in [-0.2, 0) is 22.4 Å². The number of rotatable bonds is 17. The molecule has 0 radical (unpaired) electrons. The number of phenolic OH excluding ortho intramolecular Hbond substituents is 2. The second-order valence-corrected chi connectivity index (χ2v) is 16.9. The molecule has 2 aromatic carbocycles. The average Bonchev–Trinajstić information content (AvgIpc) is 4.13. The fraction of sp³-hybridized carbons (Fsp3) is 0.500. The van der Waals surface area contributed by atoms with Crippen molar-refractivity contribution in [1.29, 1.82) is 0 Å². The minimum Gasteiger partial charge on any atom is -0.506 e. The average molecular weight is 852 g/mol. The van der Waals surface area contributed by atoms with Gasteiger partial charge in [0.25, 0.3) is 0 Å². The lowest BCUT2D eigenvalue weighted by molar-refractivity contribution is -0.137. The van der Waals surface area contributed by atoms with E-state index in [1.807, 2.05) is 66.6 Å². The van der Waals surface area contributed by atoms with Crippen molar-refractivity contribution in [1.82, 2.24) is 35.1 Å². The monoisotopic (exact) mass is 850 g/mol. The summed E-state index contributed by atoms with van der Waals surface area (Å²) in [7, 11) is 7.99. The Kier molecular flexibility index (Phi) is 18.3. The van der Waals surface area contributed by atoms with Gasteiger partial charge in [0.05, 0.1) is 16.5 Å². The molecule has 4 atom stereocenters. The van der Waals surface area contributed by atoms with Gasteiger partial charge >= 0.3 is 5.97 Å². The van der Waals surface area contributed by atoms with Gasteiger partial charge in [-0.1, -0.05) is 35.3 Å². The molecule has 15 heteroatoms. The van der Waals surface area contributed by atoms with E-state index < -0.39 is 5.97 Å². The van der Waals surface area contributed by atoms with E-state index in [1.165, 1.54) is 0 Å². The molecular formula is C44H60Cl2N8O5. The van der Waals surface area contributed by atoms with Gasteiger partial charge in [-0.2, -0.15) is 0 Å². The molecular weight excluding hydrogens is 791 g/mol. The predicted octanol–water partition coefficient (Wildman–Crippen LogP) is 6.55. The summed E-state index contributed by atoms with van der Waals surface area (Å²) in [5, 5.41) is 31.5. The fourth-order valence-corrected chi connectivity index (χ4v) is 7.21. The third-order valence-electron chi connectivity index (χ3n) is 10.9. The molecule has 4 aromatic rings. The lowest BCUT2D eigenvalue weighted by atomic mass is 9.92. The molecule has 2 aliphatic carbocycles. The first-order valence-corrected chi connectivity index (χ1v) is 20.8. The number of phenols is 2. The summed E-state index contributed by atoms with van der Waals surface area (Å²) in [6, 6.07) is 10.9. The van der Waals surface area contributed by atoms with Gasteiger partial charge < -0.3 is 36.2 Å². The van der Waals surface area contributed by atoms with E-state index >= 15 is 0 Å². The second-order valence-electron chi connectivity index (χ2n) is 16.1. The van der Waals surface area contributed by atoms with Crippen molar-refractivity contribution in [2.45, 2.75) is 89.1 Å². The van der Waals surface area contributed by atoms with E-state index in [0.717, 1.165) is 72.4 Å². The molecule has 0 spiro atoms. The summed E-state index contributed by atoms with van der Waals surface area (Å²) in [6.45, 7) is 4.84. The number of nitrogens with two attached hydrogens (primary N) is 1. The summed E-state index contributed by atoms with van der Waals surface area (Å²) in [6.07, 6.45) is 14.0. The Balaban J connectivity index is 0.000000215. The van der Waals surface area contributed by atoms with Crippen LogP contribution >= 0.6 is 23.2 Å². The zero-order chi connectivity index (χ0) is 43.2. The van der Waals surface area contributed by atoms with Crippen LogP contribution in [0.4, 0.5) is 0 Å². The maximum atomic E-state index is 12.7. The van der Waals surface area contributed by atoms with Crippen LogP contribution in [0.1, 0.15) is 84.3 Å². The molecule has 13 nitrogen and oxygen atoms in total. The summed E-state index contributed by atoms with van der Waals surface area (Å²) >= 11 is 11.8. The zero-order valence-electron chi connectivity index (χ0n) is 35.0. The smallest absolute Gasteiger partial charge is 0.303 e. The van der Waals surface area contributed by atoms with Gasteiger partial charge in [0.1, 0.15) is 23.1 Å². The molecule has 1 amide bonds. The van der Waals surface area contributed by atoms with Gasteiger partial charge in [-0.25, -0.2) is 19.9 Å². The Morgan fingerprint density at radius 1 is 0.729 bits per heavy atom. The molecule has 2 fully saturated rings. The van der Waals surface area contributed by atoms with Crippen LogP contribution in [0, 0.1) is 25.7 Å². The lowest BCUT2D eigenvalue weighted by Gasteiger charge is -2.25. The number of carboxylic acid groups (broad SMARTS) is 1. The Morgan fingerprint density at radius 2 is 1.14 bits per heavy atom. The highest BCUT2D eigenvalue weighted by molar-refractivity contribution is 6.32. The first-order chi connectivity index (χ1) is 28.0. The molecule has 2 saturated carbocycles. The van der Waals surface area contributed by atoms with Crippen LogP contribution in [0.3, 0.4) is 0 Å². The summed E-state index contributed by atoms with van der Waals surface area (Å²) < 4.78 is 0. The summed E-state index contributed by atoms with van der Waals surface area (Å²) in [5.74, 6) is 2.34. The van der Waals surface area contributed by atoms with E-state index in [9.17, 15) is 19.8 Å². The van der Waals surface area contributed by atoms with Crippen molar-refractivity contribution in [3.63, 3.8) is 0 Å². The normalized spacial score (nSPS) is 15.6. The third-order valence-corrected chi connectivity index (χ3v) is 11.5. The second kappa shape index (κ2) is 22.8. The largest absolute Gasteiger partial charge is 0.506 e. The van der Waals surface area contributed by atoms with Gasteiger partial charge in [0, 0.05) is 62.3 Å². The number of aromatic hydroxyl groups is 2. The van der Waals surface area contributed by atoms with Crippen molar-refractivity contribution >= 4 is 35.1 Å². The topological polar surface area (TPSA) is 191 Å². The number of halogens is 2. The SMILES string of the molecule is CN(C)[C@H](CN)Cc1ccc(O)c(Cl)c1.Cc1ncc(C(CC(=O)NC[C@H](Cc2ccc(O)c(Cl)c2)N(C)C)C2CC2)cn1.Cc1ncc(C(CC(=O)O)C2CC2)cn1. The maximum Gasteiger partial charge on any atom is 0.303 e. The number of carbonyl (C=O) groups is 2. The molecule has 0 saturated heterocycles. The van der Waals surface area contributed by atoms with Crippen LogP contribution in [0.15, 0.2) is 61.2 Å². The van der Waals surface area contributed by atoms with Gasteiger partial charge in [-0.15, -0.1) is 0 Å². The van der Waals surface area contributed by atoms with Gasteiger partial charge in [0.15, 0.2) is 0 Å². The van der Waals surface area contributed by atoms with Crippen LogP contribution in [0.25, 0.3) is 0 Å². The fourth-order valence-electron chi connectivity index (χ4n) is 6.80. The Hall–Kier alpha value is -4.40. The van der Waals surface area contributed by atoms with Gasteiger partial charge in [-0.05, 0) is 145 Å². The molecule has 6 N–H and O–H groups in total. The zero-order valence-corrected chi connectivity index (χ0v) is 36.5. The third kappa shape index (κ3) is 15.9. The van der Waals surface area contributed by atoms with Crippen molar-refractivity contribution < 1.29 is 24.9 Å². The molecule has 2 unspecified atom stereocenters. The predicted molar refractivity (Wildman–Crippen MR) is 232 cm³/mol. The van der Waals surface area contributed by atoms with Crippen molar-refractivity contribution in [2.24, 2.45) is 17.6 Å². The van der Waals surface area contributed by atoms with E-state index in [1.54, 1.807) is 36.7 Å². The molecule has 320 valence electrons. The summed E-state index contributed by atoms with van der Waals surface area (Å²) in [5.41, 5.74) is 9.79. The molecule has 2 heterocycles. The highest BCUT2D eigenvalue weighted by Crippen LogP contribution is 2.45. The first-order valence-electron chi connectivity index (χ1n) is 20.1. The molecule has 0 bridgehead atoms. The van der Waals surface area contributed by atoms with E-state index in [-0.39, 0.29) is 41.7 Å². The van der Waals surface area contributed by atoms with Crippen LogP contribution in [-0.4, -0.2) is 110 Å². The van der Waals surface area contributed by atoms with Crippen LogP contribution in [0.5, 0.6) is 11.5 Å². The number of carboxylic acids is 1. The van der Waals surface area contributed by atoms with E-state index in [2.05, 4.69) is 35.1 Å². The Bertz CT molecular complexity index is 1940. The number of hydrogen-bond acceptors (Lipinski definition) is 11. The quantitative estimate of drug-likeness (QED) is 0.0772. The number of nitrogens with zero attached hydrogens (tertiary/aromatic N) is 6. The van der Waals surface area contributed by atoms with E-state index in [0.29, 0.717) is 47.4 Å². The maximum absolute atomic E-state index is 12.7. The minimum atomic E-state index is -0.743. The Labute approximate surface area is 358 Å². The Morgan fingerprint density at radius 3 is 1.49 bits per heavy atom. The first kappa shape index (κ1) is 47.3. The van der Waals surface area contributed by atoms with Crippen molar-refractivity contribution in [2.75, 3.05) is 41.3 Å². The number of aromatic nitrogens is 4. The van der Waals surface area contributed by atoms with Crippen molar-refractivity contribution in [3.05, 3.63) is 105 Å². The van der Waals surface area contributed by atoms with E-state index in [4.69, 9.17) is 34.0 Å². The number of carbonyl (C=O) groups excluding carboxylic acids is 1.